The minimum Gasteiger partial charge on any atom is -0.497 e. The second-order valence-corrected chi connectivity index (χ2v) is 4.23. The SMILES string of the molecule is CCCn1nccc1C(N)c1cccc(OC)c1. The van der Waals surface area contributed by atoms with Crippen LogP contribution in [0, 0.1) is 0 Å². The van der Waals surface area contributed by atoms with Crippen molar-refractivity contribution in [3.05, 3.63) is 47.8 Å². The molecule has 2 N–H and O–H groups in total. The average molecular weight is 245 g/mol. The largest absolute Gasteiger partial charge is 0.497 e. The van der Waals surface area contributed by atoms with Crippen LogP contribution < -0.4 is 10.5 Å². The van der Waals surface area contributed by atoms with Gasteiger partial charge in [-0.15, -0.1) is 0 Å². The summed E-state index contributed by atoms with van der Waals surface area (Å²) in [4.78, 5) is 0. The summed E-state index contributed by atoms with van der Waals surface area (Å²) in [5.74, 6) is 0.824. The Morgan fingerprint density at radius 2 is 2.22 bits per heavy atom. The minimum absolute atomic E-state index is 0.172. The zero-order valence-corrected chi connectivity index (χ0v) is 10.8. The van der Waals surface area contributed by atoms with Crippen molar-refractivity contribution in [2.24, 2.45) is 5.73 Å². The number of nitrogens with zero attached hydrogens (tertiary/aromatic N) is 2. The standard InChI is InChI=1S/C14H19N3O/c1-3-9-17-13(7-8-16-17)14(15)11-5-4-6-12(10-11)18-2/h4-8,10,14H,3,9,15H2,1-2H3. The van der Waals surface area contributed by atoms with E-state index in [0.717, 1.165) is 30.0 Å². The van der Waals surface area contributed by atoms with Gasteiger partial charge in [-0.2, -0.15) is 5.10 Å². The van der Waals surface area contributed by atoms with Gasteiger partial charge in [0.2, 0.25) is 0 Å². The van der Waals surface area contributed by atoms with E-state index in [1.807, 2.05) is 35.0 Å². The van der Waals surface area contributed by atoms with Crippen LogP contribution in [0.4, 0.5) is 0 Å². The molecule has 0 aliphatic carbocycles. The lowest BCUT2D eigenvalue weighted by Crippen LogP contribution is -2.17. The number of nitrogens with two attached hydrogens (primary N) is 1. The number of aryl methyl sites for hydroxylation is 1. The van der Waals surface area contributed by atoms with Crippen molar-refractivity contribution in [3.8, 4) is 5.75 Å². The summed E-state index contributed by atoms with van der Waals surface area (Å²) in [6, 6.07) is 9.65. The molecule has 2 aromatic rings. The van der Waals surface area contributed by atoms with Gasteiger partial charge in [0, 0.05) is 12.7 Å². The van der Waals surface area contributed by atoms with Gasteiger partial charge in [-0.3, -0.25) is 4.68 Å². The van der Waals surface area contributed by atoms with E-state index in [-0.39, 0.29) is 6.04 Å². The quantitative estimate of drug-likeness (QED) is 0.879. The molecule has 0 aliphatic rings. The molecule has 1 aromatic heterocycles. The lowest BCUT2D eigenvalue weighted by Gasteiger charge is -2.15. The zero-order chi connectivity index (χ0) is 13.0. The van der Waals surface area contributed by atoms with E-state index in [4.69, 9.17) is 10.5 Å². The van der Waals surface area contributed by atoms with Crippen LogP contribution >= 0.6 is 0 Å². The number of hydrogen-bond donors (Lipinski definition) is 1. The number of methoxy groups -OCH3 is 1. The molecule has 0 saturated carbocycles. The smallest absolute Gasteiger partial charge is 0.119 e. The Hall–Kier alpha value is -1.81. The molecule has 1 unspecified atom stereocenters. The van der Waals surface area contributed by atoms with Crippen molar-refractivity contribution in [1.29, 1.82) is 0 Å². The lowest BCUT2D eigenvalue weighted by molar-refractivity contribution is 0.414. The molecule has 0 aliphatic heterocycles. The molecule has 0 fully saturated rings. The minimum atomic E-state index is -0.172. The third-order valence-corrected chi connectivity index (χ3v) is 2.96. The first-order chi connectivity index (χ1) is 8.76. The van der Waals surface area contributed by atoms with Crippen LogP contribution in [0.3, 0.4) is 0 Å². The molecule has 1 heterocycles. The highest BCUT2D eigenvalue weighted by Gasteiger charge is 2.14. The van der Waals surface area contributed by atoms with Crippen LogP contribution in [0.15, 0.2) is 36.5 Å². The third kappa shape index (κ3) is 2.54. The van der Waals surface area contributed by atoms with Crippen LogP contribution in [0.25, 0.3) is 0 Å². The van der Waals surface area contributed by atoms with Crippen molar-refractivity contribution >= 4 is 0 Å². The van der Waals surface area contributed by atoms with Gasteiger partial charge in [0.25, 0.3) is 0 Å². The first-order valence-electron chi connectivity index (χ1n) is 6.17. The summed E-state index contributed by atoms with van der Waals surface area (Å²) in [6.07, 6.45) is 2.84. The van der Waals surface area contributed by atoms with Gasteiger partial charge in [0.15, 0.2) is 0 Å². The van der Waals surface area contributed by atoms with Crippen LogP contribution in [-0.2, 0) is 6.54 Å². The molecule has 4 heteroatoms. The summed E-state index contributed by atoms with van der Waals surface area (Å²) in [5.41, 5.74) is 8.37. The summed E-state index contributed by atoms with van der Waals surface area (Å²) >= 11 is 0. The van der Waals surface area contributed by atoms with Crippen molar-refractivity contribution in [3.63, 3.8) is 0 Å². The fraction of sp³-hybridized carbons (Fsp3) is 0.357. The van der Waals surface area contributed by atoms with E-state index in [1.54, 1.807) is 13.3 Å². The first-order valence-corrected chi connectivity index (χ1v) is 6.17. The van der Waals surface area contributed by atoms with E-state index >= 15 is 0 Å². The lowest BCUT2D eigenvalue weighted by atomic mass is 10.0. The maximum atomic E-state index is 6.30. The number of ether oxygens (including phenoxy) is 1. The molecule has 0 bridgehead atoms. The van der Waals surface area contributed by atoms with Gasteiger partial charge < -0.3 is 10.5 Å². The van der Waals surface area contributed by atoms with E-state index in [0.29, 0.717) is 0 Å². The first kappa shape index (κ1) is 12.6. The number of hydrogen-bond acceptors (Lipinski definition) is 3. The molecule has 0 saturated heterocycles. The molecular weight excluding hydrogens is 226 g/mol. The van der Waals surface area contributed by atoms with Crippen LogP contribution in [0.2, 0.25) is 0 Å². The Balaban J connectivity index is 2.29. The second kappa shape index (κ2) is 5.69. The average Bonchev–Trinajstić information content (AvgIpc) is 2.86. The highest BCUT2D eigenvalue weighted by Crippen LogP contribution is 2.23. The molecule has 2 rings (SSSR count). The Morgan fingerprint density at radius 1 is 1.39 bits per heavy atom. The van der Waals surface area contributed by atoms with Gasteiger partial charge in [-0.25, -0.2) is 0 Å². The molecule has 0 amide bonds. The van der Waals surface area contributed by atoms with Crippen LogP contribution in [0.1, 0.15) is 30.6 Å². The maximum Gasteiger partial charge on any atom is 0.119 e. The van der Waals surface area contributed by atoms with E-state index in [2.05, 4.69) is 12.0 Å². The number of rotatable bonds is 5. The monoisotopic (exact) mass is 245 g/mol. The predicted octanol–water partition coefficient (Wildman–Crippen LogP) is 2.35. The van der Waals surface area contributed by atoms with Gasteiger partial charge in [0.1, 0.15) is 5.75 Å². The Bertz CT molecular complexity index is 507. The zero-order valence-electron chi connectivity index (χ0n) is 10.8. The fourth-order valence-electron chi connectivity index (χ4n) is 2.01. The third-order valence-electron chi connectivity index (χ3n) is 2.96. The number of benzene rings is 1. The van der Waals surface area contributed by atoms with Crippen molar-refractivity contribution in [2.45, 2.75) is 25.9 Å². The van der Waals surface area contributed by atoms with Crippen LogP contribution in [0.5, 0.6) is 5.75 Å². The topological polar surface area (TPSA) is 53.1 Å². The summed E-state index contributed by atoms with van der Waals surface area (Å²) in [6.45, 7) is 3.02. The summed E-state index contributed by atoms with van der Waals surface area (Å²) < 4.78 is 7.18. The van der Waals surface area contributed by atoms with Crippen molar-refractivity contribution in [1.82, 2.24) is 9.78 Å². The molecule has 1 aromatic carbocycles. The number of aromatic nitrogens is 2. The van der Waals surface area contributed by atoms with Crippen molar-refractivity contribution in [2.75, 3.05) is 7.11 Å². The van der Waals surface area contributed by atoms with Crippen molar-refractivity contribution < 1.29 is 4.74 Å². The van der Waals surface area contributed by atoms with Gasteiger partial charge in [-0.05, 0) is 30.2 Å². The molecule has 4 nitrogen and oxygen atoms in total. The molecular formula is C14H19N3O. The van der Waals surface area contributed by atoms with Gasteiger partial charge in [-0.1, -0.05) is 19.1 Å². The second-order valence-electron chi connectivity index (χ2n) is 4.23. The van der Waals surface area contributed by atoms with E-state index < -0.39 is 0 Å². The highest BCUT2D eigenvalue weighted by molar-refractivity contribution is 5.34. The van der Waals surface area contributed by atoms with E-state index in [9.17, 15) is 0 Å². The maximum absolute atomic E-state index is 6.30. The summed E-state index contributed by atoms with van der Waals surface area (Å²) in [7, 11) is 1.66. The normalized spacial score (nSPS) is 12.4. The molecule has 0 spiro atoms. The fourth-order valence-corrected chi connectivity index (χ4v) is 2.01. The van der Waals surface area contributed by atoms with Crippen LogP contribution in [-0.4, -0.2) is 16.9 Å². The molecule has 1 atom stereocenters. The molecule has 0 radical (unpaired) electrons. The Labute approximate surface area is 107 Å². The Morgan fingerprint density at radius 3 is 2.94 bits per heavy atom. The molecule has 96 valence electrons. The van der Waals surface area contributed by atoms with E-state index in [1.165, 1.54) is 0 Å². The Kier molecular flexibility index (Phi) is 3.99. The predicted molar refractivity (Wildman–Crippen MR) is 71.5 cm³/mol. The van der Waals surface area contributed by atoms with Gasteiger partial charge in [0.05, 0.1) is 18.8 Å². The highest BCUT2D eigenvalue weighted by atomic mass is 16.5. The van der Waals surface area contributed by atoms with Gasteiger partial charge >= 0.3 is 0 Å². The summed E-state index contributed by atoms with van der Waals surface area (Å²) in [5, 5.41) is 4.30. The molecule has 18 heavy (non-hydrogen) atoms.